The molecule has 2 bridgehead atoms. The summed E-state index contributed by atoms with van der Waals surface area (Å²) in [5, 5.41) is 4.06. The number of fused-ring (bicyclic) bond motifs is 4. The van der Waals surface area contributed by atoms with Crippen molar-refractivity contribution in [1.82, 2.24) is 25.1 Å². The molecule has 7 heteroatoms. The molecule has 2 aromatic heterocycles. The van der Waals surface area contributed by atoms with E-state index < -0.39 is 0 Å². The Morgan fingerprint density at radius 1 is 1.19 bits per heavy atom. The predicted molar refractivity (Wildman–Crippen MR) is 118 cm³/mol. The molecule has 3 saturated heterocycles. The van der Waals surface area contributed by atoms with Crippen LogP contribution in [0, 0.1) is 11.3 Å². The number of rotatable bonds is 4. The average molecular weight is 422 g/mol. The van der Waals surface area contributed by atoms with Gasteiger partial charge in [-0.1, -0.05) is 0 Å². The number of amides is 2. The molecule has 31 heavy (non-hydrogen) atoms. The van der Waals surface area contributed by atoms with Gasteiger partial charge in [-0.15, -0.1) is 0 Å². The minimum Gasteiger partial charge on any atom is -0.351 e. The van der Waals surface area contributed by atoms with Gasteiger partial charge < -0.3 is 15.2 Å². The molecule has 2 amide bonds. The summed E-state index contributed by atoms with van der Waals surface area (Å²) in [6.45, 7) is 4.47. The predicted octanol–water partition coefficient (Wildman–Crippen LogP) is 2.55. The quantitative estimate of drug-likeness (QED) is 0.795. The van der Waals surface area contributed by atoms with E-state index in [0.29, 0.717) is 23.9 Å². The highest BCUT2D eigenvalue weighted by Crippen LogP contribution is 2.48. The zero-order chi connectivity index (χ0) is 21.1. The second-order valence-electron chi connectivity index (χ2n) is 10.3. The van der Waals surface area contributed by atoms with Crippen LogP contribution in [0.15, 0.2) is 24.5 Å². The summed E-state index contributed by atoms with van der Waals surface area (Å²) >= 11 is 0. The lowest BCUT2D eigenvalue weighted by Crippen LogP contribution is -2.58. The molecule has 1 aliphatic carbocycles. The van der Waals surface area contributed by atoms with Gasteiger partial charge in [-0.2, -0.15) is 0 Å². The van der Waals surface area contributed by atoms with Gasteiger partial charge in [0, 0.05) is 42.8 Å². The second kappa shape index (κ2) is 7.05. The number of carbonyl (C=O) groups is 2. The van der Waals surface area contributed by atoms with Crippen molar-refractivity contribution in [3.05, 3.63) is 30.1 Å². The first-order chi connectivity index (χ1) is 15.1. The lowest BCUT2D eigenvalue weighted by atomic mass is 9.80. The highest BCUT2D eigenvalue weighted by Gasteiger charge is 2.54. The summed E-state index contributed by atoms with van der Waals surface area (Å²) in [4.78, 5) is 38.7. The molecule has 7 nitrogen and oxygen atoms in total. The first-order valence-corrected chi connectivity index (χ1v) is 11.8. The highest BCUT2D eigenvalue weighted by atomic mass is 16.2. The number of pyridine rings is 1. The van der Waals surface area contributed by atoms with Crippen LogP contribution in [-0.2, 0) is 4.79 Å². The van der Waals surface area contributed by atoms with Crippen LogP contribution in [0.25, 0.3) is 11.0 Å². The zero-order valence-corrected chi connectivity index (χ0v) is 18.0. The maximum atomic E-state index is 13.7. The molecular weight excluding hydrogens is 390 g/mol. The van der Waals surface area contributed by atoms with Crippen molar-refractivity contribution >= 4 is 22.8 Å². The van der Waals surface area contributed by atoms with Crippen LogP contribution in [0.3, 0.4) is 0 Å². The topological polar surface area (TPSA) is 81.3 Å². The number of H-pyrrole nitrogens is 1. The van der Waals surface area contributed by atoms with Gasteiger partial charge in [0.2, 0.25) is 5.91 Å². The van der Waals surface area contributed by atoms with E-state index in [-0.39, 0.29) is 16.9 Å². The van der Waals surface area contributed by atoms with Crippen molar-refractivity contribution in [2.75, 3.05) is 32.7 Å². The molecule has 2 atom stereocenters. The number of nitrogens with one attached hydrogen (secondary N) is 2. The fraction of sp³-hybridized carbons (Fsp3) is 0.625. The third kappa shape index (κ3) is 3.00. The van der Waals surface area contributed by atoms with Gasteiger partial charge >= 0.3 is 0 Å². The van der Waals surface area contributed by atoms with Crippen molar-refractivity contribution in [3.8, 4) is 0 Å². The maximum Gasteiger partial charge on any atom is 0.252 e. The molecule has 6 rings (SSSR count). The van der Waals surface area contributed by atoms with Crippen LogP contribution < -0.4 is 5.32 Å². The Bertz CT molecular complexity index is 1020. The molecule has 164 valence electrons. The van der Waals surface area contributed by atoms with Gasteiger partial charge in [0.25, 0.3) is 5.91 Å². The van der Waals surface area contributed by atoms with E-state index in [9.17, 15) is 9.59 Å². The molecule has 1 saturated carbocycles. The fourth-order valence-corrected chi connectivity index (χ4v) is 7.05. The van der Waals surface area contributed by atoms with Gasteiger partial charge in [-0.3, -0.25) is 14.5 Å². The molecule has 2 aromatic rings. The van der Waals surface area contributed by atoms with Gasteiger partial charge in [0.05, 0.1) is 5.56 Å². The van der Waals surface area contributed by atoms with Gasteiger partial charge in [-0.05, 0) is 76.1 Å². The Hall–Kier alpha value is -2.41. The van der Waals surface area contributed by atoms with Crippen LogP contribution >= 0.6 is 0 Å². The first-order valence-electron chi connectivity index (χ1n) is 11.8. The number of piperidine rings is 1. The van der Waals surface area contributed by atoms with E-state index >= 15 is 0 Å². The smallest absolute Gasteiger partial charge is 0.252 e. The second-order valence-corrected chi connectivity index (χ2v) is 10.3. The van der Waals surface area contributed by atoms with Crippen LogP contribution in [0.2, 0.25) is 0 Å². The van der Waals surface area contributed by atoms with Crippen molar-refractivity contribution < 1.29 is 9.59 Å². The minimum absolute atomic E-state index is 0.0111. The number of aromatic nitrogens is 2. The van der Waals surface area contributed by atoms with Gasteiger partial charge in [0.1, 0.15) is 11.2 Å². The molecule has 0 spiro atoms. The zero-order valence-electron chi connectivity index (χ0n) is 18.0. The minimum atomic E-state index is -0.224. The molecular formula is C24H31N5O2. The number of carbonyl (C=O) groups excluding carboxylic acids is 2. The Kier molecular flexibility index (Phi) is 4.39. The number of nitrogens with zero attached hydrogens (tertiary/aromatic N) is 3. The Labute approximate surface area is 182 Å². The summed E-state index contributed by atoms with van der Waals surface area (Å²) in [6, 6.07) is 3.68. The largest absolute Gasteiger partial charge is 0.351 e. The molecule has 5 heterocycles. The third-order valence-corrected chi connectivity index (χ3v) is 8.47. The van der Waals surface area contributed by atoms with E-state index in [1.807, 2.05) is 12.3 Å². The van der Waals surface area contributed by atoms with Gasteiger partial charge in [0.15, 0.2) is 0 Å². The molecule has 3 aliphatic heterocycles. The summed E-state index contributed by atoms with van der Waals surface area (Å²) in [7, 11) is 0. The van der Waals surface area contributed by atoms with Crippen LogP contribution in [-0.4, -0.2) is 69.8 Å². The third-order valence-electron chi connectivity index (χ3n) is 8.47. The number of aromatic amines is 1. The lowest BCUT2D eigenvalue weighted by molar-refractivity contribution is -0.145. The average Bonchev–Trinajstić information content (AvgIpc) is 3.54. The molecule has 4 aliphatic rings. The summed E-state index contributed by atoms with van der Waals surface area (Å²) in [5.41, 5.74) is 1.18. The Morgan fingerprint density at radius 3 is 2.87 bits per heavy atom. The highest BCUT2D eigenvalue weighted by molar-refractivity contribution is 6.05. The Balaban J connectivity index is 1.18. The normalized spacial score (nSPS) is 29.4. The van der Waals surface area contributed by atoms with Crippen molar-refractivity contribution in [2.24, 2.45) is 11.3 Å². The van der Waals surface area contributed by atoms with Crippen molar-refractivity contribution in [3.63, 3.8) is 0 Å². The number of hydrogen-bond donors (Lipinski definition) is 2. The molecule has 0 radical (unpaired) electrons. The lowest BCUT2D eigenvalue weighted by Gasteiger charge is -2.44. The van der Waals surface area contributed by atoms with E-state index in [4.69, 9.17) is 0 Å². The first kappa shape index (κ1) is 19.3. The monoisotopic (exact) mass is 421 g/mol. The molecule has 2 unspecified atom stereocenters. The number of hydrogen-bond acceptors (Lipinski definition) is 4. The molecule has 2 N–H and O–H groups in total. The summed E-state index contributed by atoms with van der Waals surface area (Å²) in [6.07, 6.45) is 11.2. The number of likely N-dealkylation sites (tertiary alicyclic amines) is 1. The maximum absolute atomic E-state index is 13.7. The standard InChI is InChI=1S/C24H31N5O2/c30-21(19-5-10-26-20-18(19)4-9-25-20)27-15-23-8-3-17(13-23)14-28(16-23)22(31)24-6-1-11-29(24)12-2-7-24/h4-5,9-10,17H,1-3,6-8,11-16H2,(H,25,26)(H,27,30). The van der Waals surface area contributed by atoms with Crippen LogP contribution in [0.4, 0.5) is 0 Å². The van der Waals surface area contributed by atoms with E-state index in [1.165, 1.54) is 0 Å². The van der Waals surface area contributed by atoms with E-state index in [2.05, 4.69) is 25.1 Å². The van der Waals surface area contributed by atoms with Crippen molar-refractivity contribution in [1.29, 1.82) is 0 Å². The summed E-state index contributed by atoms with van der Waals surface area (Å²) < 4.78 is 0. The fourth-order valence-electron chi connectivity index (χ4n) is 7.05. The summed E-state index contributed by atoms with van der Waals surface area (Å²) in [5.74, 6) is 0.886. The van der Waals surface area contributed by atoms with Crippen LogP contribution in [0.1, 0.15) is 55.3 Å². The van der Waals surface area contributed by atoms with Crippen molar-refractivity contribution in [2.45, 2.75) is 50.5 Å². The van der Waals surface area contributed by atoms with E-state index in [0.717, 1.165) is 82.2 Å². The SMILES string of the molecule is O=C(NCC12CCC(CN(C(=O)C34CCCN3CCC4)C1)C2)c1ccnc2[nH]ccc12. The van der Waals surface area contributed by atoms with E-state index in [1.54, 1.807) is 12.3 Å². The molecule has 4 fully saturated rings. The van der Waals surface area contributed by atoms with Crippen LogP contribution in [0.5, 0.6) is 0 Å². The Morgan fingerprint density at radius 2 is 2.03 bits per heavy atom. The molecule has 0 aromatic carbocycles. The van der Waals surface area contributed by atoms with Gasteiger partial charge in [-0.25, -0.2) is 4.98 Å².